The number of hydrogen-bond donors (Lipinski definition) is 2. The average molecular weight is 349 g/mol. The van der Waals surface area contributed by atoms with Crippen molar-refractivity contribution < 1.29 is 9.18 Å². The standard InChI is InChI=1S/C19H16FN5O/c1-10-4-12-5-13(9-21-18(12)22-10)11-2-3-25-14(6-11)7-17(24-25)23-19(26)15-8-16(15)20/h2-7,9,15-16H,8H2,1H3,(H,21,22)(H,23,24,26)/t15-,16+/m1/s1. The predicted octanol–water partition coefficient (Wildman–Crippen LogP) is 3.48. The van der Waals surface area contributed by atoms with Gasteiger partial charge in [-0.1, -0.05) is 0 Å². The molecule has 130 valence electrons. The van der Waals surface area contributed by atoms with E-state index in [1.165, 1.54) is 0 Å². The maximum absolute atomic E-state index is 13.0. The van der Waals surface area contributed by atoms with E-state index in [0.29, 0.717) is 12.2 Å². The lowest BCUT2D eigenvalue weighted by atomic mass is 10.1. The minimum atomic E-state index is -1.02. The van der Waals surface area contributed by atoms with Gasteiger partial charge >= 0.3 is 0 Å². The van der Waals surface area contributed by atoms with Crippen molar-refractivity contribution in [3.05, 3.63) is 48.4 Å². The van der Waals surface area contributed by atoms with Crippen LogP contribution >= 0.6 is 0 Å². The van der Waals surface area contributed by atoms with E-state index in [1.807, 2.05) is 31.5 Å². The van der Waals surface area contributed by atoms with E-state index in [0.717, 1.165) is 33.4 Å². The number of pyridine rings is 2. The lowest BCUT2D eigenvalue weighted by Crippen LogP contribution is -2.15. The van der Waals surface area contributed by atoms with Gasteiger partial charge in [-0.15, -0.1) is 0 Å². The highest BCUT2D eigenvalue weighted by atomic mass is 19.1. The molecular formula is C19H16FN5O. The van der Waals surface area contributed by atoms with Crippen LogP contribution in [0.25, 0.3) is 27.7 Å². The molecule has 0 bridgehead atoms. The van der Waals surface area contributed by atoms with Gasteiger partial charge in [0, 0.05) is 35.1 Å². The van der Waals surface area contributed by atoms with Crippen molar-refractivity contribution in [2.75, 3.05) is 5.32 Å². The number of amides is 1. The highest BCUT2D eigenvalue weighted by molar-refractivity contribution is 5.94. The van der Waals surface area contributed by atoms with Crippen molar-refractivity contribution in [1.82, 2.24) is 19.6 Å². The van der Waals surface area contributed by atoms with Crippen LogP contribution in [0.1, 0.15) is 12.1 Å². The number of hydrogen-bond acceptors (Lipinski definition) is 3. The van der Waals surface area contributed by atoms with Crippen LogP contribution in [-0.2, 0) is 4.79 Å². The third kappa shape index (κ3) is 2.52. The number of alkyl halides is 1. The van der Waals surface area contributed by atoms with Crippen molar-refractivity contribution in [1.29, 1.82) is 0 Å². The SMILES string of the molecule is Cc1cc2cc(-c3ccn4nc(NC(=O)[C@@H]5C[C@@H]5F)cc4c3)cnc2[nH]1. The normalized spacial score (nSPS) is 19.2. The minimum absolute atomic E-state index is 0.303. The van der Waals surface area contributed by atoms with Gasteiger partial charge in [0.2, 0.25) is 5.91 Å². The molecule has 0 saturated heterocycles. The Labute approximate surface area is 148 Å². The quantitative estimate of drug-likeness (QED) is 0.595. The van der Waals surface area contributed by atoms with Gasteiger partial charge in [-0.25, -0.2) is 13.9 Å². The van der Waals surface area contributed by atoms with Crippen LogP contribution in [0.3, 0.4) is 0 Å². The number of fused-ring (bicyclic) bond motifs is 2. The highest BCUT2D eigenvalue weighted by Gasteiger charge is 2.43. The molecule has 4 aromatic rings. The van der Waals surface area contributed by atoms with Crippen molar-refractivity contribution >= 4 is 28.3 Å². The topological polar surface area (TPSA) is 75.1 Å². The molecule has 1 aliphatic carbocycles. The number of carbonyl (C=O) groups is 1. The molecule has 1 aliphatic rings. The monoisotopic (exact) mass is 349 g/mol. The summed E-state index contributed by atoms with van der Waals surface area (Å²) in [5.41, 5.74) is 4.80. The van der Waals surface area contributed by atoms with Crippen LogP contribution < -0.4 is 5.32 Å². The van der Waals surface area contributed by atoms with Gasteiger partial charge in [0.15, 0.2) is 5.82 Å². The molecule has 1 saturated carbocycles. The average Bonchev–Trinajstić information content (AvgIpc) is 3.04. The zero-order chi connectivity index (χ0) is 17.8. The van der Waals surface area contributed by atoms with E-state index in [9.17, 15) is 9.18 Å². The van der Waals surface area contributed by atoms with Gasteiger partial charge in [0.05, 0.1) is 11.4 Å². The van der Waals surface area contributed by atoms with Crippen LogP contribution in [0.5, 0.6) is 0 Å². The van der Waals surface area contributed by atoms with E-state index < -0.39 is 12.1 Å². The lowest BCUT2D eigenvalue weighted by molar-refractivity contribution is -0.117. The number of aromatic nitrogens is 4. The van der Waals surface area contributed by atoms with Gasteiger partial charge in [-0.2, -0.15) is 5.10 Å². The van der Waals surface area contributed by atoms with Gasteiger partial charge < -0.3 is 10.3 Å². The third-order valence-corrected chi connectivity index (χ3v) is 4.70. The molecule has 2 atom stereocenters. The highest BCUT2D eigenvalue weighted by Crippen LogP contribution is 2.34. The first-order chi connectivity index (χ1) is 12.6. The molecule has 1 fully saturated rings. The van der Waals surface area contributed by atoms with E-state index in [-0.39, 0.29) is 5.91 Å². The summed E-state index contributed by atoms with van der Waals surface area (Å²) in [5, 5.41) is 8.06. The van der Waals surface area contributed by atoms with Crippen LogP contribution in [0.15, 0.2) is 42.7 Å². The van der Waals surface area contributed by atoms with Gasteiger partial charge in [0.25, 0.3) is 0 Å². The molecule has 26 heavy (non-hydrogen) atoms. The van der Waals surface area contributed by atoms with Crippen LogP contribution in [0.2, 0.25) is 0 Å². The predicted molar refractivity (Wildman–Crippen MR) is 96.6 cm³/mol. The minimum Gasteiger partial charge on any atom is -0.344 e. The molecule has 0 aromatic carbocycles. The molecule has 5 rings (SSSR count). The third-order valence-electron chi connectivity index (χ3n) is 4.70. The zero-order valence-corrected chi connectivity index (χ0v) is 14.0. The second kappa shape index (κ2) is 5.39. The van der Waals surface area contributed by atoms with E-state index in [2.05, 4.69) is 32.5 Å². The number of H-pyrrole nitrogens is 1. The van der Waals surface area contributed by atoms with Crippen molar-refractivity contribution in [3.63, 3.8) is 0 Å². The number of carbonyl (C=O) groups excluding carboxylic acids is 1. The number of aryl methyl sites for hydroxylation is 1. The number of nitrogens with one attached hydrogen (secondary N) is 2. The maximum atomic E-state index is 13.0. The van der Waals surface area contributed by atoms with E-state index in [4.69, 9.17) is 0 Å². The van der Waals surface area contributed by atoms with Crippen molar-refractivity contribution in [2.45, 2.75) is 19.5 Å². The molecule has 0 aliphatic heterocycles. The first-order valence-corrected chi connectivity index (χ1v) is 8.47. The smallest absolute Gasteiger partial charge is 0.231 e. The van der Waals surface area contributed by atoms with Gasteiger partial charge in [-0.05, 0) is 43.2 Å². The fourth-order valence-electron chi connectivity index (χ4n) is 3.20. The molecule has 0 unspecified atom stereocenters. The van der Waals surface area contributed by atoms with Crippen molar-refractivity contribution in [3.8, 4) is 11.1 Å². The summed E-state index contributed by atoms with van der Waals surface area (Å²) >= 11 is 0. The summed E-state index contributed by atoms with van der Waals surface area (Å²) in [4.78, 5) is 19.5. The number of anilines is 1. The van der Waals surface area contributed by atoms with E-state index in [1.54, 1.807) is 10.6 Å². The summed E-state index contributed by atoms with van der Waals surface area (Å²) in [5.74, 6) is -0.405. The molecule has 2 N–H and O–H groups in total. The summed E-state index contributed by atoms with van der Waals surface area (Å²) in [6.07, 6.45) is 2.95. The second-order valence-electron chi connectivity index (χ2n) is 6.78. The van der Waals surface area contributed by atoms with E-state index >= 15 is 0 Å². The first-order valence-electron chi connectivity index (χ1n) is 8.47. The summed E-state index contributed by atoms with van der Waals surface area (Å²) < 4.78 is 14.7. The summed E-state index contributed by atoms with van der Waals surface area (Å²) in [7, 11) is 0. The first kappa shape index (κ1) is 15.1. The summed E-state index contributed by atoms with van der Waals surface area (Å²) in [6, 6.07) is 9.87. The Hall–Kier alpha value is -3.22. The number of aromatic amines is 1. The Balaban J connectivity index is 1.47. The molecule has 0 spiro atoms. The molecular weight excluding hydrogens is 333 g/mol. The molecule has 4 aromatic heterocycles. The second-order valence-corrected chi connectivity index (χ2v) is 6.78. The Morgan fingerprint density at radius 1 is 1.31 bits per heavy atom. The number of halogens is 1. The van der Waals surface area contributed by atoms with Gasteiger partial charge in [0.1, 0.15) is 11.8 Å². The van der Waals surface area contributed by atoms with Crippen LogP contribution in [-0.4, -0.2) is 31.7 Å². The fraction of sp³-hybridized carbons (Fsp3) is 0.211. The lowest BCUT2D eigenvalue weighted by Gasteiger charge is -2.02. The van der Waals surface area contributed by atoms with Crippen LogP contribution in [0.4, 0.5) is 10.2 Å². The number of rotatable bonds is 3. The molecule has 6 nitrogen and oxygen atoms in total. The Bertz CT molecular complexity index is 1160. The zero-order valence-electron chi connectivity index (χ0n) is 14.0. The Morgan fingerprint density at radius 3 is 2.96 bits per heavy atom. The van der Waals surface area contributed by atoms with Crippen molar-refractivity contribution in [2.24, 2.45) is 5.92 Å². The van der Waals surface area contributed by atoms with Gasteiger partial charge in [-0.3, -0.25) is 4.79 Å². The fourth-order valence-corrected chi connectivity index (χ4v) is 3.20. The largest absolute Gasteiger partial charge is 0.344 e. The molecule has 4 heterocycles. The molecule has 0 radical (unpaired) electrons. The summed E-state index contributed by atoms with van der Waals surface area (Å²) in [6.45, 7) is 2.00. The number of nitrogens with zero attached hydrogens (tertiary/aromatic N) is 3. The molecule has 7 heteroatoms. The Morgan fingerprint density at radius 2 is 2.15 bits per heavy atom. The van der Waals surface area contributed by atoms with Crippen LogP contribution in [0, 0.1) is 12.8 Å². The molecule has 1 amide bonds. The Kier molecular flexibility index (Phi) is 3.12. The maximum Gasteiger partial charge on any atom is 0.231 e.